The number of pyridine rings is 1. The zero-order valence-electron chi connectivity index (χ0n) is 22.9. The van der Waals surface area contributed by atoms with Crippen molar-refractivity contribution in [3.63, 3.8) is 0 Å². The van der Waals surface area contributed by atoms with Gasteiger partial charge in [0.2, 0.25) is 0 Å². The molecule has 5 rings (SSSR count). The summed E-state index contributed by atoms with van der Waals surface area (Å²) in [6.07, 6.45) is 4.70. The molecule has 0 bridgehead atoms. The van der Waals surface area contributed by atoms with Gasteiger partial charge in [-0.15, -0.1) is 0 Å². The van der Waals surface area contributed by atoms with Gasteiger partial charge in [-0.05, 0) is 60.7 Å². The molecule has 2 aromatic heterocycles. The van der Waals surface area contributed by atoms with Gasteiger partial charge in [-0.2, -0.15) is 5.26 Å². The molecule has 40 heavy (non-hydrogen) atoms. The highest BCUT2D eigenvalue weighted by atomic mass is 16.5. The molecule has 1 aliphatic heterocycles. The van der Waals surface area contributed by atoms with Crippen molar-refractivity contribution in [1.82, 2.24) is 19.0 Å². The molecule has 9 nitrogen and oxygen atoms in total. The zero-order chi connectivity index (χ0) is 28.4. The van der Waals surface area contributed by atoms with Crippen LogP contribution in [0.3, 0.4) is 0 Å². The number of carbonyl (C=O) groups excluding carboxylic acids is 1. The van der Waals surface area contributed by atoms with Gasteiger partial charge in [-0.3, -0.25) is 13.9 Å². The Hall–Kier alpha value is -4.84. The molecule has 4 aromatic rings. The van der Waals surface area contributed by atoms with E-state index < -0.39 is 0 Å². The Morgan fingerprint density at radius 3 is 2.48 bits per heavy atom. The summed E-state index contributed by atoms with van der Waals surface area (Å²) in [7, 11) is 0. The molecule has 0 radical (unpaired) electrons. The van der Waals surface area contributed by atoms with E-state index in [4.69, 9.17) is 10.5 Å². The van der Waals surface area contributed by atoms with E-state index >= 15 is 0 Å². The Bertz CT molecular complexity index is 1670. The molecule has 2 N–H and O–H groups in total. The standard InChI is InChI=1S/C31H32N6O3/c1-31(2,3)18-21(19-32)29(38)35-17-7-8-23(20-35)36-26-15-16-34-28(33)27(26)37(30(36)39)22-11-13-25(14-12-22)40-24-9-5-4-6-10-24/h4-6,9-16,18,23H,7-8,17,20H2,1-3H3,(H2,33,34)/t23-/m1/s1. The number of nitrogens with two attached hydrogens (primary N) is 1. The normalized spacial score (nSPS) is 16.1. The average molecular weight is 537 g/mol. The van der Waals surface area contributed by atoms with E-state index in [2.05, 4.69) is 11.1 Å². The van der Waals surface area contributed by atoms with E-state index in [9.17, 15) is 14.9 Å². The van der Waals surface area contributed by atoms with Crippen molar-refractivity contribution in [2.24, 2.45) is 5.41 Å². The summed E-state index contributed by atoms with van der Waals surface area (Å²) in [6.45, 7) is 6.68. The zero-order valence-corrected chi connectivity index (χ0v) is 22.9. The van der Waals surface area contributed by atoms with Crippen molar-refractivity contribution in [3.05, 3.63) is 89.0 Å². The second-order valence-corrected chi connectivity index (χ2v) is 11.0. The van der Waals surface area contributed by atoms with Gasteiger partial charge in [0.05, 0.1) is 17.2 Å². The van der Waals surface area contributed by atoms with Crippen LogP contribution in [0.25, 0.3) is 16.7 Å². The van der Waals surface area contributed by atoms with E-state index in [0.29, 0.717) is 54.2 Å². The van der Waals surface area contributed by atoms with Gasteiger partial charge in [-0.1, -0.05) is 45.0 Å². The van der Waals surface area contributed by atoms with Crippen LogP contribution in [0.2, 0.25) is 0 Å². The lowest BCUT2D eigenvalue weighted by Crippen LogP contribution is -2.43. The highest BCUT2D eigenvalue weighted by molar-refractivity contribution is 5.97. The minimum Gasteiger partial charge on any atom is -0.457 e. The monoisotopic (exact) mass is 536 g/mol. The van der Waals surface area contributed by atoms with Gasteiger partial charge in [0, 0.05) is 19.3 Å². The maximum absolute atomic E-state index is 14.0. The number of para-hydroxylation sites is 1. The first-order chi connectivity index (χ1) is 19.2. The number of likely N-dealkylation sites (tertiary alicyclic amines) is 1. The number of anilines is 1. The van der Waals surface area contributed by atoms with Crippen molar-refractivity contribution in [2.45, 2.75) is 39.7 Å². The molecule has 0 saturated carbocycles. The summed E-state index contributed by atoms with van der Waals surface area (Å²) in [5, 5.41) is 9.67. The number of hydrogen-bond donors (Lipinski definition) is 1. The number of hydrogen-bond acceptors (Lipinski definition) is 6. The molecule has 1 amide bonds. The van der Waals surface area contributed by atoms with Crippen LogP contribution in [-0.2, 0) is 4.79 Å². The Kier molecular flexibility index (Phi) is 7.18. The molecule has 0 spiro atoms. The number of aromatic nitrogens is 3. The number of nitriles is 1. The second-order valence-electron chi connectivity index (χ2n) is 11.0. The number of nitrogens with zero attached hydrogens (tertiary/aromatic N) is 5. The predicted molar refractivity (Wildman–Crippen MR) is 154 cm³/mol. The molecule has 204 valence electrons. The molecule has 2 aromatic carbocycles. The van der Waals surface area contributed by atoms with Crippen LogP contribution in [0.4, 0.5) is 5.82 Å². The lowest BCUT2D eigenvalue weighted by Gasteiger charge is -2.33. The van der Waals surface area contributed by atoms with Crippen LogP contribution in [0.15, 0.2) is 83.3 Å². The summed E-state index contributed by atoms with van der Waals surface area (Å²) in [4.78, 5) is 33.2. The average Bonchev–Trinajstić information content (AvgIpc) is 3.25. The third-order valence-electron chi connectivity index (χ3n) is 6.86. The fraction of sp³-hybridized carbons (Fsp3) is 0.290. The minimum atomic E-state index is -0.313. The topological polar surface area (TPSA) is 119 Å². The van der Waals surface area contributed by atoms with E-state index in [1.54, 1.807) is 44.5 Å². The number of piperidine rings is 1. The van der Waals surface area contributed by atoms with Crippen LogP contribution in [0, 0.1) is 16.7 Å². The highest BCUT2D eigenvalue weighted by Gasteiger charge is 2.31. The summed E-state index contributed by atoms with van der Waals surface area (Å²) in [5.74, 6) is 1.28. The number of amides is 1. The first-order valence-corrected chi connectivity index (χ1v) is 13.3. The van der Waals surface area contributed by atoms with Crippen LogP contribution < -0.4 is 16.2 Å². The molecule has 0 aliphatic carbocycles. The van der Waals surface area contributed by atoms with Crippen LogP contribution in [-0.4, -0.2) is 38.0 Å². The fourth-order valence-electron chi connectivity index (χ4n) is 5.16. The van der Waals surface area contributed by atoms with Crippen LogP contribution in [0.5, 0.6) is 11.5 Å². The third kappa shape index (κ3) is 5.34. The van der Waals surface area contributed by atoms with Crippen molar-refractivity contribution in [2.75, 3.05) is 18.8 Å². The quantitative estimate of drug-likeness (QED) is 0.276. The van der Waals surface area contributed by atoms with Crippen molar-refractivity contribution in [3.8, 4) is 23.3 Å². The molecule has 1 aliphatic rings. The van der Waals surface area contributed by atoms with Gasteiger partial charge in [0.25, 0.3) is 5.91 Å². The maximum Gasteiger partial charge on any atom is 0.334 e. The van der Waals surface area contributed by atoms with Crippen molar-refractivity contribution in [1.29, 1.82) is 5.26 Å². The molecule has 1 fully saturated rings. The van der Waals surface area contributed by atoms with Crippen LogP contribution in [0.1, 0.15) is 39.7 Å². The Morgan fingerprint density at radius 1 is 1.10 bits per heavy atom. The van der Waals surface area contributed by atoms with E-state index in [1.165, 1.54) is 0 Å². The lowest BCUT2D eigenvalue weighted by molar-refractivity contribution is -0.128. The molecule has 0 unspecified atom stereocenters. The molecular weight excluding hydrogens is 504 g/mol. The van der Waals surface area contributed by atoms with Gasteiger partial charge < -0.3 is 15.4 Å². The second kappa shape index (κ2) is 10.7. The van der Waals surface area contributed by atoms with Gasteiger partial charge in [-0.25, -0.2) is 9.78 Å². The Morgan fingerprint density at radius 2 is 1.80 bits per heavy atom. The Labute approximate surface area is 232 Å². The van der Waals surface area contributed by atoms with E-state index in [-0.39, 0.29) is 34.4 Å². The first kappa shape index (κ1) is 26.8. The van der Waals surface area contributed by atoms with Crippen molar-refractivity contribution >= 4 is 22.8 Å². The molecule has 9 heteroatoms. The maximum atomic E-state index is 14.0. The summed E-state index contributed by atoms with van der Waals surface area (Å²) >= 11 is 0. The van der Waals surface area contributed by atoms with Gasteiger partial charge in [0.1, 0.15) is 34.5 Å². The van der Waals surface area contributed by atoms with E-state index in [1.807, 2.05) is 63.2 Å². The van der Waals surface area contributed by atoms with Gasteiger partial charge in [0.15, 0.2) is 0 Å². The fourth-order valence-corrected chi connectivity index (χ4v) is 5.16. The number of fused-ring (bicyclic) bond motifs is 1. The number of carbonyl (C=O) groups is 1. The predicted octanol–water partition coefficient (Wildman–Crippen LogP) is 5.22. The summed E-state index contributed by atoms with van der Waals surface area (Å²) < 4.78 is 9.18. The Balaban J connectivity index is 1.51. The number of allylic oxidation sites excluding steroid dienone is 1. The van der Waals surface area contributed by atoms with Crippen molar-refractivity contribution < 1.29 is 9.53 Å². The summed E-state index contributed by atoms with van der Waals surface area (Å²) in [5.41, 5.74) is 7.63. The smallest absolute Gasteiger partial charge is 0.334 e. The van der Waals surface area contributed by atoms with Crippen LogP contribution >= 0.6 is 0 Å². The van der Waals surface area contributed by atoms with Gasteiger partial charge >= 0.3 is 5.69 Å². The molecule has 1 atom stereocenters. The first-order valence-electron chi connectivity index (χ1n) is 13.3. The summed E-state index contributed by atoms with van der Waals surface area (Å²) in [6, 6.07) is 20.2. The molecular formula is C31H32N6O3. The highest BCUT2D eigenvalue weighted by Crippen LogP contribution is 2.30. The number of rotatable bonds is 5. The number of imidazole rings is 1. The lowest BCUT2D eigenvalue weighted by atomic mass is 9.93. The molecule has 1 saturated heterocycles. The largest absolute Gasteiger partial charge is 0.457 e. The number of nitrogen functional groups attached to an aromatic ring is 1. The SMILES string of the molecule is CC(C)(C)C=C(C#N)C(=O)N1CCC[C@@H](n2c(=O)n(-c3ccc(Oc4ccccc4)cc3)c3c(N)nccc32)C1. The number of ether oxygens (including phenoxy) is 1. The molecule has 3 heterocycles. The minimum absolute atomic E-state index is 0.120. The third-order valence-corrected chi connectivity index (χ3v) is 6.86. The van der Waals surface area contributed by atoms with E-state index in [0.717, 1.165) is 0 Å². The number of benzene rings is 2.